The molecule has 0 aromatic heterocycles. The summed E-state index contributed by atoms with van der Waals surface area (Å²) in [6.07, 6.45) is 0. The fourth-order valence-electron chi connectivity index (χ4n) is 4.84. The van der Waals surface area contributed by atoms with Crippen molar-refractivity contribution in [2.24, 2.45) is 0 Å². The van der Waals surface area contributed by atoms with Crippen LogP contribution in [0.25, 0.3) is 0 Å². The van der Waals surface area contributed by atoms with E-state index in [1.165, 1.54) is 54.6 Å². The minimum Gasteiger partial charge on any atom is -0.508 e. The molecule has 0 unspecified atom stereocenters. The molecule has 4 aromatic carbocycles. The number of phenols is 2. The zero-order chi connectivity index (χ0) is 27.8. The van der Waals surface area contributed by atoms with Crippen molar-refractivity contribution in [2.45, 2.75) is 5.60 Å². The van der Waals surface area contributed by atoms with Crippen LogP contribution in [-0.2, 0) is 10.3 Å². The third-order valence-electron chi connectivity index (χ3n) is 6.49. The molecule has 196 valence electrons. The summed E-state index contributed by atoms with van der Waals surface area (Å²) in [4.78, 5) is 26.0. The Morgan fingerprint density at radius 2 is 1.28 bits per heavy atom. The molecule has 0 atom stereocenters. The second-order valence-corrected chi connectivity index (χ2v) is 8.66. The molecule has 1 amide bonds. The van der Waals surface area contributed by atoms with Crippen LogP contribution >= 0.6 is 0 Å². The predicted octanol–water partition coefficient (Wildman–Crippen LogP) is 5.61. The maximum atomic E-state index is 14.3. The van der Waals surface area contributed by atoms with E-state index in [0.29, 0.717) is 0 Å². The number of phenolic OH excluding ortho intramolecular Hbond substituents is 2. The van der Waals surface area contributed by atoms with Crippen LogP contribution in [0.4, 0.5) is 27.6 Å². The van der Waals surface area contributed by atoms with E-state index in [1.807, 2.05) is 5.32 Å². The SMILES string of the molecule is O=C1OC2(c3ccc(O)cc3Oc3cc(O)ccc32)c2cccc(NC(=O)c3c(F)c(F)c(F)c(F)c3F)c21. The molecule has 1 spiro atoms. The molecule has 12 heteroatoms. The number of hydrogen-bond donors (Lipinski definition) is 3. The first-order valence-corrected chi connectivity index (χ1v) is 11.1. The van der Waals surface area contributed by atoms with Gasteiger partial charge in [0.25, 0.3) is 5.91 Å². The summed E-state index contributed by atoms with van der Waals surface area (Å²) in [5, 5.41) is 22.0. The van der Waals surface area contributed by atoms with Crippen molar-refractivity contribution in [3.8, 4) is 23.0 Å². The third-order valence-corrected chi connectivity index (χ3v) is 6.49. The Morgan fingerprint density at radius 1 is 0.744 bits per heavy atom. The lowest BCUT2D eigenvalue weighted by atomic mass is 9.77. The summed E-state index contributed by atoms with van der Waals surface area (Å²) in [5.74, 6) is -14.6. The maximum Gasteiger partial charge on any atom is 0.342 e. The number of hydrogen-bond acceptors (Lipinski definition) is 6. The van der Waals surface area contributed by atoms with Crippen LogP contribution < -0.4 is 10.1 Å². The highest BCUT2D eigenvalue weighted by molar-refractivity contribution is 6.10. The molecule has 0 radical (unpaired) electrons. The Labute approximate surface area is 214 Å². The van der Waals surface area contributed by atoms with Crippen molar-refractivity contribution < 1.29 is 51.2 Å². The van der Waals surface area contributed by atoms with Gasteiger partial charge in [0.15, 0.2) is 28.9 Å². The van der Waals surface area contributed by atoms with Crippen LogP contribution in [0.3, 0.4) is 0 Å². The van der Waals surface area contributed by atoms with Gasteiger partial charge in [-0.3, -0.25) is 4.79 Å². The number of esters is 1. The topological polar surface area (TPSA) is 105 Å². The quantitative estimate of drug-likeness (QED) is 0.132. The van der Waals surface area contributed by atoms with Crippen LogP contribution in [-0.4, -0.2) is 22.1 Å². The summed E-state index contributed by atoms with van der Waals surface area (Å²) in [6, 6.07) is 12.0. The van der Waals surface area contributed by atoms with Crippen LogP contribution in [0, 0.1) is 29.1 Å². The van der Waals surface area contributed by atoms with Gasteiger partial charge in [-0.1, -0.05) is 12.1 Å². The highest BCUT2D eigenvalue weighted by atomic mass is 19.2. The molecule has 0 aliphatic carbocycles. The van der Waals surface area contributed by atoms with Gasteiger partial charge >= 0.3 is 5.97 Å². The van der Waals surface area contributed by atoms with Gasteiger partial charge in [0.2, 0.25) is 5.82 Å². The number of rotatable bonds is 2. The van der Waals surface area contributed by atoms with Gasteiger partial charge in [-0.05, 0) is 30.3 Å². The fraction of sp³-hybridized carbons (Fsp3) is 0.0370. The molecule has 2 aliphatic heterocycles. The minimum atomic E-state index is -2.43. The van der Waals surface area contributed by atoms with E-state index in [-0.39, 0.29) is 50.9 Å². The number of carbonyl (C=O) groups excluding carboxylic acids is 2. The van der Waals surface area contributed by atoms with Crippen molar-refractivity contribution in [2.75, 3.05) is 5.32 Å². The number of carbonyl (C=O) groups is 2. The average molecular weight is 541 g/mol. The van der Waals surface area contributed by atoms with Crippen LogP contribution in [0.2, 0.25) is 0 Å². The van der Waals surface area contributed by atoms with Crippen LogP contribution in [0.15, 0.2) is 54.6 Å². The zero-order valence-corrected chi connectivity index (χ0v) is 19.1. The molecule has 0 saturated carbocycles. The summed E-state index contributed by atoms with van der Waals surface area (Å²) >= 11 is 0. The van der Waals surface area contributed by atoms with Gasteiger partial charge in [0.1, 0.15) is 28.6 Å². The number of aromatic hydroxyl groups is 2. The highest BCUT2D eigenvalue weighted by Crippen LogP contribution is 2.57. The average Bonchev–Trinajstić information content (AvgIpc) is 3.19. The molecule has 0 fully saturated rings. The van der Waals surface area contributed by atoms with E-state index in [1.54, 1.807) is 0 Å². The largest absolute Gasteiger partial charge is 0.508 e. The number of fused-ring (bicyclic) bond motifs is 6. The maximum absolute atomic E-state index is 14.3. The lowest BCUT2D eigenvalue weighted by Crippen LogP contribution is -2.32. The molecule has 2 aliphatic rings. The first-order chi connectivity index (χ1) is 18.5. The number of nitrogens with one attached hydrogen (secondary N) is 1. The van der Waals surface area contributed by atoms with Gasteiger partial charge in [-0.15, -0.1) is 0 Å². The summed E-state index contributed by atoms with van der Waals surface area (Å²) < 4.78 is 81.1. The molecule has 6 rings (SSSR count). The van der Waals surface area contributed by atoms with Crippen molar-refractivity contribution in [3.63, 3.8) is 0 Å². The molecule has 2 heterocycles. The van der Waals surface area contributed by atoms with E-state index in [9.17, 15) is 41.8 Å². The Morgan fingerprint density at radius 3 is 1.85 bits per heavy atom. The zero-order valence-electron chi connectivity index (χ0n) is 19.1. The number of amides is 1. The molecular formula is C27H12F5NO6. The van der Waals surface area contributed by atoms with Gasteiger partial charge in [-0.2, -0.15) is 0 Å². The number of benzene rings is 4. The molecule has 0 bridgehead atoms. The number of anilines is 1. The van der Waals surface area contributed by atoms with Crippen molar-refractivity contribution in [1.29, 1.82) is 0 Å². The molecular weight excluding hydrogens is 529 g/mol. The highest BCUT2D eigenvalue weighted by Gasteiger charge is 2.54. The Hall–Kier alpha value is -5.13. The van der Waals surface area contributed by atoms with E-state index in [0.717, 1.165) is 0 Å². The second-order valence-electron chi connectivity index (χ2n) is 8.66. The summed E-state index contributed by atoms with van der Waals surface area (Å²) in [7, 11) is 0. The lowest BCUT2D eigenvalue weighted by Gasteiger charge is -2.36. The fourth-order valence-corrected chi connectivity index (χ4v) is 4.84. The van der Waals surface area contributed by atoms with Crippen molar-refractivity contribution >= 4 is 17.6 Å². The van der Waals surface area contributed by atoms with E-state index in [4.69, 9.17) is 9.47 Å². The van der Waals surface area contributed by atoms with Gasteiger partial charge in [-0.25, -0.2) is 26.7 Å². The van der Waals surface area contributed by atoms with E-state index < -0.39 is 52.1 Å². The second kappa shape index (κ2) is 8.18. The van der Waals surface area contributed by atoms with E-state index in [2.05, 4.69) is 0 Å². The molecule has 39 heavy (non-hydrogen) atoms. The monoisotopic (exact) mass is 541 g/mol. The lowest BCUT2D eigenvalue weighted by molar-refractivity contribution is 0.0224. The number of halogens is 5. The minimum absolute atomic E-state index is 0.0737. The van der Waals surface area contributed by atoms with Crippen molar-refractivity contribution in [3.05, 3.63) is 112 Å². The number of ether oxygens (including phenoxy) is 2. The predicted molar refractivity (Wildman–Crippen MR) is 122 cm³/mol. The van der Waals surface area contributed by atoms with Gasteiger partial charge < -0.3 is 25.0 Å². The molecule has 0 saturated heterocycles. The molecule has 3 N–H and O–H groups in total. The van der Waals surface area contributed by atoms with Crippen molar-refractivity contribution in [1.82, 2.24) is 0 Å². The van der Waals surface area contributed by atoms with Gasteiger partial charge in [0.05, 0.1) is 11.3 Å². The summed E-state index contributed by atoms with van der Waals surface area (Å²) in [5.41, 5.74) is -3.42. The summed E-state index contributed by atoms with van der Waals surface area (Å²) in [6.45, 7) is 0. The third kappa shape index (κ3) is 3.27. The Balaban J connectivity index is 1.54. The van der Waals surface area contributed by atoms with E-state index >= 15 is 0 Å². The van der Waals surface area contributed by atoms with Crippen LogP contribution in [0.5, 0.6) is 23.0 Å². The van der Waals surface area contributed by atoms with Gasteiger partial charge in [0, 0.05) is 28.8 Å². The first kappa shape index (κ1) is 24.2. The standard InChI is InChI=1S/C27H12F5NO6/c28-20-19(21(29)23(31)24(32)22(20)30)25(36)33-15-3-1-2-14-18(15)26(37)39-27(14)12-6-4-10(34)8-16(12)38-17-9-11(35)5-7-13(17)27/h1-9,34-35H,(H,33,36). The first-order valence-electron chi connectivity index (χ1n) is 11.1. The normalized spacial score (nSPS) is 14.2. The Bertz CT molecular complexity index is 1690. The Kier molecular flexibility index (Phi) is 5.08. The van der Waals surface area contributed by atoms with Crippen LogP contribution in [0.1, 0.15) is 37.4 Å². The smallest absolute Gasteiger partial charge is 0.342 e. The molecule has 4 aromatic rings. The molecule has 7 nitrogen and oxygen atoms in total.